The van der Waals surface area contributed by atoms with Gasteiger partial charge in [0.1, 0.15) is 6.04 Å². The molecule has 0 radical (unpaired) electrons. The van der Waals surface area contributed by atoms with Crippen LogP contribution in [0.3, 0.4) is 0 Å². The van der Waals surface area contributed by atoms with Crippen LogP contribution in [-0.2, 0) is 9.59 Å². The summed E-state index contributed by atoms with van der Waals surface area (Å²) in [6, 6.07) is -0.616. The summed E-state index contributed by atoms with van der Waals surface area (Å²) in [4.78, 5) is 24.9. The number of rotatable bonds is 3. The predicted molar refractivity (Wildman–Crippen MR) is 62.1 cm³/mol. The zero-order valence-corrected chi connectivity index (χ0v) is 10.4. The Kier molecular flexibility index (Phi) is 3.15. The van der Waals surface area contributed by atoms with Crippen molar-refractivity contribution in [3.63, 3.8) is 0 Å². The number of carbonyl (C=O) groups is 2. The quantitative estimate of drug-likeness (QED) is 0.814. The topological polar surface area (TPSA) is 57.6 Å². The van der Waals surface area contributed by atoms with E-state index in [1.165, 1.54) is 0 Å². The van der Waals surface area contributed by atoms with E-state index in [1.54, 1.807) is 16.7 Å². The number of carbonyl (C=O) groups excluding carboxylic acids is 1. The summed E-state index contributed by atoms with van der Waals surface area (Å²) in [6.07, 6.45) is 1.74. The number of hydrogen-bond donors (Lipinski definition) is 1. The molecule has 1 aliphatic heterocycles. The van der Waals surface area contributed by atoms with E-state index >= 15 is 0 Å². The van der Waals surface area contributed by atoms with Gasteiger partial charge in [-0.15, -0.1) is 11.8 Å². The fourth-order valence-corrected chi connectivity index (χ4v) is 3.58. The summed E-state index contributed by atoms with van der Waals surface area (Å²) < 4.78 is 0. The number of carboxylic acids is 1. The average molecular weight is 243 g/mol. The molecule has 5 heteroatoms. The number of nitrogens with zero attached hydrogens (tertiary/aromatic N) is 1. The largest absolute Gasteiger partial charge is 0.480 e. The van der Waals surface area contributed by atoms with Crippen molar-refractivity contribution < 1.29 is 14.7 Å². The van der Waals surface area contributed by atoms with E-state index in [1.807, 2.05) is 13.8 Å². The Labute approximate surface area is 99.4 Å². The molecule has 2 aliphatic rings. The second kappa shape index (κ2) is 4.28. The van der Waals surface area contributed by atoms with Crippen LogP contribution >= 0.6 is 11.8 Å². The molecule has 0 aromatic rings. The first-order valence-corrected chi connectivity index (χ1v) is 6.77. The van der Waals surface area contributed by atoms with Gasteiger partial charge in [-0.1, -0.05) is 13.8 Å². The lowest BCUT2D eigenvalue weighted by molar-refractivity contribution is -0.149. The minimum atomic E-state index is -0.870. The molecule has 4 atom stereocenters. The van der Waals surface area contributed by atoms with Gasteiger partial charge in [-0.05, 0) is 18.8 Å². The molecule has 1 amide bonds. The zero-order valence-electron chi connectivity index (χ0n) is 9.55. The maximum Gasteiger partial charge on any atom is 0.327 e. The van der Waals surface area contributed by atoms with E-state index < -0.39 is 12.0 Å². The third kappa shape index (κ3) is 1.93. The lowest BCUT2D eigenvalue weighted by atomic mass is 10.2. The summed E-state index contributed by atoms with van der Waals surface area (Å²) in [6.45, 7) is 4.04. The van der Waals surface area contributed by atoms with Crippen molar-refractivity contribution in [3.8, 4) is 0 Å². The minimum Gasteiger partial charge on any atom is -0.480 e. The van der Waals surface area contributed by atoms with Crippen LogP contribution in [0.15, 0.2) is 0 Å². The summed E-state index contributed by atoms with van der Waals surface area (Å²) in [5, 5.41) is 9.16. The first-order chi connectivity index (χ1) is 7.56. The van der Waals surface area contributed by atoms with Gasteiger partial charge in [0.05, 0.1) is 5.37 Å². The second-order valence-electron chi connectivity index (χ2n) is 4.62. The van der Waals surface area contributed by atoms with E-state index in [0.29, 0.717) is 11.7 Å². The molecule has 1 N–H and O–H groups in total. The fraction of sp³-hybridized carbons (Fsp3) is 0.818. The third-order valence-corrected chi connectivity index (χ3v) is 4.86. The molecule has 1 saturated heterocycles. The van der Waals surface area contributed by atoms with Gasteiger partial charge >= 0.3 is 5.97 Å². The number of hydrogen-bond acceptors (Lipinski definition) is 3. The molecule has 90 valence electrons. The van der Waals surface area contributed by atoms with Crippen molar-refractivity contribution >= 4 is 23.6 Å². The Hall–Kier alpha value is -0.710. The Morgan fingerprint density at radius 3 is 2.56 bits per heavy atom. The molecule has 0 aromatic heterocycles. The Balaban J connectivity index is 2.12. The number of amides is 1. The van der Waals surface area contributed by atoms with E-state index in [2.05, 4.69) is 0 Å². The van der Waals surface area contributed by atoms with Crippen LogP contribution in [0.2, 0.25) is 0 Å². The Morgan fingerprint density at radius 1 is 1.50 bits per heavy atom. The molecule has 16 heavy (non-hydrogen) atoms. The van der Waals surface area contributed by atoms with Gasteiger partial charge in [0.25, 0.3) is 0 Å². The van der Waals surface area contributed by atoms with Gasteiger partial charge in [-0.3, -0.25) is 4.79 Å². The van der Waals surface area contributed by atoms with Crippen molar-refractivity contribution in [1.29, 1.82) is 0 Å². The van der Waals surface area contributed by atoms with Gasteiger partial charge in [-0.2, -0.15) is 0 Å². The first-order valence-electron chi connectivity index (χ1n) is 5.72. The molecule has 1 heterocycles. The second-order valence-corrected chi connectivity index (χ2v) is 5.83. The molecule has 2 fully saturated rings. The molecule has 2 rings (SSSR count). The third-order valence-electron chi connectivity index (χ3n) is 3.41. The van der Waals surface area contributed by atoms with Crippen molar-refractivity contribution in [2.45, 2.75) is 38.1 Å². The predicted octanol–water partition coefficient (Wildman–Crippen LogP) is 1.41. The standard InChI is InChI=1S/C11H17NO3S/c1-3-9-12(8(5-16-9)11(14)15)10(13)7-4-6(7)2/h6-9H,3-5H2,1-2H3,(H,14,15). The van der Waals surface area contributed by atoms with Crippen LogP contribution in [-0.4, -0.2) is 39.1 Å². The number of thioether (sulfide) groups is 1. The van der Waals surface area contributed by atoms with Crippen LogP contribution < -0.4 is 0 Å². The normalized spacial score (nSPS) is 37.5. The van der Waals surface area contributed by atoms with Crippen molar-refractivity contribution in [2.24, 2.45) is 11.8 Å². The van der Waals surface area contributed by atoms with Crippen molar-refractivity contribution in [3.05, 3.63) is 0 Å². The Bertz CT molecular complexity index is 320. The highest BCUT2D eigenvalue weighted by molar-refractivity contribution is 8.00. The monoisotopic (exact) mass is 243 g/mol. The smallest absolute Gasteiger partial charge is 0.327 e. The number of aliphatic carboxylic acids is 1. The fourth-order valence-electron chi connectivity index (χ4n) is 2.22. The average Bonchev–Trinajstić information content (AvgIpc) is 2.82. The van der Waals surface area contributed by atoms with E-state index in [9.17, 15) is 9.59 Å². The highest BCUT2D eigenvalue weighted by Gasteiger charge is 2.48. The van der Waals surface area contributed by atoms with Crippen molar-refractivity contribution in [2.75, 3.05) is 5.75 Å². The molecule has 1 aliphatic carbocycles. The maximum absolute atomic E-state index is 12.2. The van der Waals surface area contributed by atoms with E-state index in [4.69, 9.17) is 5.11 Å². The van der Waals surface area contributed by atoms with E-state index in [-0.39, 0.29) is 17.2 Å². The highest BCUT2D eigenvalue weighted by atomic mass is 32.2. The lowest BCUT2D eigenvalue weighted by Crippen LogP contribution is -2.46. The molecule has 4 nitrogen and oxygen atoms in total. The van der Waals surface area contributed by atoms with Crippen LogP contribution in [0.4, 0.5) is 0 Å². The van der Waals surface area contributed by atoms with E-state index in [0.717, 1.165) is 12.8 Å². The molecule has 4 unspecified atom stereocenters. The molecule has 0 aromatic carbocycles. The summed E-state index contributed by atoms with van der Waals surface area (Å²) in [5.41, 5.74) is 0. The Morgan fingerprint density at radius 2 is 2.12 bits per heavy atom. The minimum absolute atomic E-state index is 0.0525. The van der Waals surface area contributed by atoms with Crippen LogP contribution in [0.1, 0.15) is 26.7 Å². The lowest BCUT2D eigenvalue weighted by Gasteiger charge is -2.26. The molecular formula is C11H17NO3S. The molecular weight excluding hydrogens is 226 g/mol. The summed E-state index contributed by atoms with van der Waals surface area (Å²) in [7, 11) is 0. The van der Waals surface area contributed by atoms with Crippen LogP contribution in [0.5, 0.6) is 0 Å². The van der Waals surface area contributed by atoms with Crippen molar-refractivity contribution in [1.82, 2.24) is 4.90 Å². The van der Waals surface area contributed by atoms with Gasteiger partial charge in [0.15, 0.2) is 0 Å². The van der Waals surface area contributed by atoms with Crippen LogP contribution in [0, 0.1) is 11.8 Å². The van der Waals surface area contributed by atoms with Gasteiger partial charge in [-0.25, -0.2) is 4.79 Å². The number of carboxylic acid groups (broad SMARTS) is 1. The highest BCUT2D eigenvalue weighted by Crippen LogP contribution is 2.42. The molecule has 0 spiro atoms. The first kappa shape index (κ1) is 11.8. The van der Waals surface area contributed by atoms with Gasteiger partial charge < -0.3 is 10.0 Å². The van der Waals surface area contributed by atoms with Crippen LogP contribution in [0.25, 0.3) is 0 Å². The maximum atomic E-state index is 12.2. The van der Waals surface area contributed by atoms with Gasteiger partial charge in [0, 0.05) is 11.7 Å². The molecule has 0 bridgehead atoms. The molecule has 1 saturated carbocycles. The summed E-state index contributed by atoms with van der Waals surface area (Å²) in [5.74, 6) is 0.224. The SMILES string of the molecule is CCC1SCC(C(=O)O)N1C(=O)C1CC1C. The summed E-state index contributed by atoms with van der Waals surface area (Å²) >= 11 is 1.59. The zero-order chi connectivity index (χ0) is 11.9. The van der Waals surface area contributed by atoms with Gasteiger partial charge in [0.2, 0.25) is 5.91 Å².